The lowest BCUT2D eigenvalue weighted by molar-refractivity contribution is 0.173. The van der Waals surface area contributed by atoms with Gasteiger partial charge in [0.25, 0.3) is 0 Å². The quantitative estimate of drug-likeness (QED) is 0.896. The molecule has 4 unspecified atom stereocenters. The SMILES string of the molecule is CCN(Cc1cccc(C)n1)CC1C2CCC(C2)C1N. The topological polar surface area (TPSA) is 42.2 Å². The number of rotatable bonds is 5. The monoisotopic (exact) mass is 273 g/mol. The van der Waals surface area contributed by atoms with Crippen molar-refractivity contribution in [1.82, 2.24) is 9.88 Å². The molecule has 2 saturated carbocycles. The highest BCUT2D eigenvalue weighted by atomic mass is 15.1. The molecule has 110 valence electrons. The average molecular weight is 273 g/mol. The number of pyridine rings is 1. The summed E-state index contributed by atoms with van der Waals surface area (Å²) in [5.41, 5.74) is 8.73. The molecule has 3 nitrogen and oxygen atoms in total. The summed E-state index contributed by atoms with van der Waals surface area (Å²) in [6.07, 6.45) is 4.16. The van der Waals surface area contributed by atoms with Crippen LogP contribution in [0.3, 0.4) is 0 Å². The van der Waals surface area contributed by atoms with E-state index in [2.05, 4.69) is 41.9 Å². The smallest absolute Gasteiger partial charge is 0.0547 e. The van der Waals surface area contributed by atoms with Gasteiger partial charge in [-0.3, -0.25) is 9.88 Å². The van der Waals surface area contributed by atoms with E-state index in [1.807, 2.05) is 0 Å². The first-order chi connectivity index (χ1) is 9.67. The summed E-state index contributed by atoms with van der Waals surface area (Å²) >= 11 is 0. The molecule has 0 saturated heterocycles. The van der Waals surface area contributed by atoms with E-state index >= 15 is 0 Å². The molecule has 2 N–H and O–H groups in total. The summed E-state index contributed by atoms with van der Waals surface area (Å²) in [5, 5.41) is 0. The minimum atomic E-state index is 0.438. The van der Waals surface area contributed by atoms with E-state index in [4.69, 9.17) is 5.73 Å². The molecule has 1 heterocycles. The van der Waals surface area contributed by atoms with E-state index in [-0.39, 0.29) is 0 Å². The summed E-state index contributed by atoms with van der Waals surface area (Å²) in [7, 11) is 0. The Morgan fingerprint density at radius 3 is 2.75 bits per heavy atom. The van der Waals surface area contributed by atoms with Gasteiger partial charge < -0.3 is 5.73 Å². The van der Waals surface area contributed by atoms with E-state index in [1.54, 1.807) is 0 Å². The van der Waals surface area contributed by atoms with Crippen LogP contribution < -0.4 is 5.73 Å². The summed E-state index contributed by atoms with van der Waals surface area (Å²) in [5.74, 6) is 2.40. The number of aromatic nitrogens is 1. The molecule has 1 aromatic rings. The zero-order valence-electron chi connectivity index (χ0n) is 12.8. The van der Waals surface area contributed by atoms with Gasteiger partial charge in [-0.15, -0.1) is 0 Å². The first-order valence-electron chi connectivity index (χ1n) is 8.08. The maximum absolute atomic E-state index is 6.44. The van der Waals surface area contributed by atoms with Crippen molar-refractivity contribution in [3.8, 4) is 0 Å². The Morgan fingerprint density at radius 1 is 1.30 bits per heavy atom. The Hall–Kier alpha value is -0.930. The fourth-order valence-corrected chi connectivity index (χ4v) is 4.25. The minimum Gasteiger partial charge on any atom is -0.327 e. The molecule has 1 aromatic heterocycles. The van der Waals surface area contributed by atoms with Gasteiger partial charge in [0.05, 0.1) is 5.69 Å². The van der Waals surface area contributed by atoms with Crippen LogP contribution in [0.25, 0.3) is 0 Å². The Morgan fingerprint density at radius 2 is 2.10 bits per heavy atom. The summed E-state index contributed by atoms with van der Waals surface area (Å²) in [4.78, 5) is 7.15. The standard InChI is InChI=1S/C17H27N3/c1-3-20(10-15-6-4-5-12(2)19-15)11-16-13-7-8-14(9-13)17(16)18/h4-6,13-14,16-17H,3,7-11,18H2,1-2H3. The lowest BCUT2D eigenvalue weighted by Crippen LogP contribution is -2.42. The second-order valence-corrected chi connectivity index (χ2v) is 6.67. The van der Waals surface area contributed by atoms with Gasteiger partial charge >= 0.3 is 0 Å². The number of nitrogens with two attached hydrogens (primary N) is 1. The second-order valence-electron chi connectivity index (χ2n) is 6.67. The molecule has 2 bridgehead atoms. The van der Waals surface area contributed by atoms with Crippen LogP contribution in [-0.4, -0.2) is 29.0 Å². The van der Waals surface area contributed by atoms with Crippen molar-refractivity contribution in [2.75, 3.05) is 13.1 Å². The van der Waals surface area contributed by atoms with Crippen LogP contribution in [-0.2, 0) is 6.54 Å². The third kappa shape index (κ3) is 2.75. The first-order valence-corrected chi connectivity index (χ1v) is 8.08. The van der Waals surface area contributed by atoms with Gasteiger partial charge in [0, 0.05) is 24.8 Å². The van der Waals surface area contributed by atoms with Crippen molar-refractivity contribution in [2.24, 2.45) is 23.5 Å². The molecule has 20 heavy (non-hydrogen) atoms. The van der Waals surface area contributed by atoms with Gasteiger partial charge in [0.2, 0.25) is 0 Å². The van der Waals surface area contributed by atoms with Gasteiger partial charge in [0.1, 0.15) is 0 Å². The second kappa shape index (κ2) is 5.82. The minimum absolute atomic E-state index is 0.438. The van der Waals surface area contributed by atoms with Crippen molar-refractivity contribution < 1.29 is 0 Å². The van der Waals surface area contributed by atoms with Crippen LogP contribution in [0, 0.1) is 24.7 Å². The molecule has 4 atom stereocenters. The normalized spacial score (nSPS) is 32.2. The average Bonchev–Trinajstić information content (AvgIpc) is 3.01. The predicted octanol–water partition coefficient (Wildman–Crippen LogP) is 2.59. The van der Waals surface area contributed by atoms with Crippen LogP contribution in [0.4, 0.5) is 0 Å². The molecule has 0 spiro atoms. The van der Waals surface area contributed by atoms with Gasteiger partial charge in [-0.05, 0) is 62.6 Å². The molecule has 3 heteroatoms. The van der Waals surface area contributed by atoms with Gasteiger partial charge in [-0.25, -0.2) is 0 Å². The first kappa shape index (κ1) is 14.0. The van der Waals surface area contributed by atoms with Crippen LogP contribution in [0.5, 0.6) is 0 Å². The van der Waals surface area contributed by atoms with Crippen LogP contribution in [0.1, 0.15) is 37.6 Å². The highest BCUT2D eigenvalue weighted by Crippen LogP contribution is 2.47. The van der Waals surface area contributed by atoms with E-state index in [0.29, 0.717) is 12.0 Å². The lowest BCUT2D eigenvalue weighted by atomic mass is 9.84. The van der Waals surface area contributed by atoms with Crippen molar-refractivity contribution in [2.45, 2.75) is 45.7 Å². The van der Waals surface area contributed by atoms with Crippen molar-refractivity contribution in [1.29, 1.82) is 0 Å². The van der Waals surface area contributed by atoms with Crippen LogP contribution in [0.2, 0.25) is 0 Å². The third-order valence-electron chi connectivity index (χ3n) is 5.41. The van der Waals surface area contributed by atoms with Gasteiger partial charge in [0.15, 0.2) is 0 Å². The number of hydrogen-bond acceptors (Lipinski definition) is 3. The number of aryl methyl sites for hydroxylation is 1. The van der Waals surface area contributed by atoms with E-state index in [9.17, 15) is 0 Å². The number of nitrogens with zero attached hydrogens (tertiary/aromatic N) is 2. The van der Waals surface area contributed by atoms with Gasteiger partial charge in [-0.2, -0.15) is 0 Å². The Labute approximate surface area is 122 Å². The molecule has 2 fully saturated rings. The molecule has 0 amide bonds. The van der Waals surface area contributed by atoms with Crippen molar-refractivity contribution in [3.05, 3.63) is 29.6 Å². The molecular formula is C17H27N3. The summed E-state index contributed by atoms with van der Waals surface area (Å²) in [6.45, 7) is 7.49. The lowest BCUT2D eigenvalue weighted by Gasteiger charge is -2.33. The van der Waals surface area contributed by atoms with Crippen LogP contribution >= 0.6 is 0 Å². The zero-order chi connectivity index (χ0) is 14.1. The number of fused-ring (bicyclic) bond motifs is 2. The van der Waals surface area contributed by atoms with Crippen molar-refractivity contribution >= 4 is 0 Å². The zero-order valence-corrected chi connectivity index (χ0v) is 12.8. The molecule has 3 rings (SSSR count). The maximum atomic E-state index is 6.44. The molecule has 2 aliphatic carbocycles. The molecule has 0 aromatic carbocycles. The molecule has 0 aliphatic heterocycles. The van der Waals surface area contributed by atoms with Crippen molar-refractivity contribution in [3.63, 3.8) is 0 Å². The molecule has 2 aliphatic rings. The van der Waals surface area contributed by atoms with E-state index < -0.39 is 0 Å². The Kier molecular flexibility index (Phi) is 4.08. The molecular weight excluding hydrogens is 246 g/mol. The third-order valence-corrected chi connectivity index (χ3v) is 5.41. The van der Waals surface area contributed by atoms with Gasteiger partial charge in [-0.1, -0.05) is 13.0 Å². The summed E-state index contributed by atoms with van der Waals surface area (Å²) in [6, 6.07) is 6.74. The Bertz CT molecular complexity index is 457. The highest BCUT2D eigenvalue weighted by Gasteiger charge is 2.45. The molecule has 0 radical (unpaired) electrons. The largest absolute Gasteiger partial charge is 0.327 e. The maximum Gasteiger partial charge on any atom is 0.0547 e. The summed E-state index contributed by atoms with van der Waals surface area (Å²) < 4.78 is 0. The fraction of sp³-hybridized carbons (Fsp3) is 0.706. The van der Waals surface area contributed by atoms with E-state index in [1.165, 1.54) is 25.0 Å². The Balaban J connectivity index is 1.63. The highest BCUT2D eigenvalue weighted by molar-refractivity contribution is 5.10. The predicted molar refractivity (Wildman–Crippen MR) is 82.2 cm³/mol. The van der Waals surface area contributed by atoms with Crippen LogP contribution in [0.15, 0.2) is 18.2 Å². The van der Waals surface area contributed by atoms with E-state index in [0.717, 1.165) is 37.2 Å². The number of hydrogen-bond donors (Lipinski definition) is 1. The fourth-order valence-electron chi connectivity index (χ4n) is 4.25.